The van der Waals surface area contributed by atoms with Gasteiger partial charge in [0.2, 0.25) is 11.6 Å². The first-order valence-electron chi connectivity index (χ1n) is 7.55. The van der Waals surface area contributed by atoms with E-state index in [1.165, 1.54) is 0 Å². The van der Waals surface area contributed by atoms with Crippen molar-refractivity contribution < 1.29 is 81.9 Å². The van der Waals surface area contributed by atoms with Crippen LogP contribution in [0, 0.1) is 58.2 Å². The minimum atomic E-state index is -7.85. The summed E-state index contributed by atoms with van der Waals surface area (Å²) in [5.74, 6) is -33.6. The zero-order valence-electron chi connectivity index (χ0n) is 15.1. The van der Waals surface area contributed by atoms with Crippen LogP contribution in [-0.4, -0.2) is 16.8 Å². The Bertz CT molecular complexity index is 1290. The summed E-state index contributed by atoms with van der Waals surface area (Å²) in [6, 6.07) is 0. The van der Waals surface area contributed by atoms with Gasteiger partial charge >= 0.3 is 30.7 Å². The van der Waals surface area contributed by atoms with E-state index in [4.69, 9.17) is 0 Å². The molecule has 21 heteroatoms. The van der Waals surface area contributed by atoms with Crippen LogP contribution in [0.3, 0.4) is 0 Å². The molecule has 0 N–H and O–H groups in total. The Balaban J connectivity index is 2.74. The average Bonchev–Trinajstić information content (AvgIpc) is 2.72. The Morgan fingerprint density at radius 3 is 0.771 bits per heavy atom. The highest BCUT2D eigenvalue weighted by molar-refractivity contribution is 8.00. The molecule has 35 heavy (non-hydrogen) atoms. The second kappa shape index (κ2) is 8.47. The SMILES string of the molecule is O=S(=O)(OS(=O)(=O)C(F)(F)c1c(F)c(F)c(F)c(F)c1F)C(F)(F)c1c(F)c(F)c(F)c(F)c1F. The average molecular weight is 578 g/mol. The van der Waals surface area contributed by atoms with E-state index < -0.39 is 100 Å². The highest BCUT2D eigenvalue weighted by Gasteiger charge is 2.61. The van der Waals surface area contributed by atoms with Gasteiger partial charge in [0.15, 0.2) is 46.5 Å². The van der Waals surface area contributed by atoms with Crippen molar-refractivity contribution in [2.45, 2.75) is 10.5 Å². The maximum Gasteiger partial charge on any atom is 0.402 e. The van der Waals surface area contributed by atoms with Gasteiger partial charge in [-0.25, -0.2) is 43.9 Å². The van der Waals surface area contributed by atoms with Gasteiger partial charge in [0, 0.05) is 0 Å². The number of benzene rings is 2. The molecule has 0 aliphatic rings. The topological polar surface area (TPSA) is 77.5 Å². The van der Waals surface area contributed by atoms with Gasteiger partial charge in [-0.15, -0.1) is 3.63 Å². The van der Waals surface area contributed by atoms with Crippen molar-refractivity contribution in [1.82, 2.24) is 0 Å². The molecule has 0 atom stereocenters. The lowest BCUT2D eigenvalue weighted by molar-refractivity contribution is 0.0575. The molecule has 0 saturated heterocycles. The van der Waals surface area contributed by atoms with Crippen LogP contribution in [0.1, 0.15) is 11.1 Å². The van der Waals surface area contributed by atoms with Crippen LogP contribution >= 0.6 is 0 Å². The van der Waals surface area contributed by atoms with E-state index in [0.717, 1.165) is 0 Å². The fraction of sp³-hybridized carbons (Fsp3) is 0.143. The predicted molar refractivity (Wildman–Crippen MR) is 79.2 cm³/mol. The van der Waals surface area contributed by atoms with Crippen LogP contribution < -0.4 is 0 Å². The molecule has 0 fully saturated rings. The molecule has 5 nitrogen and oxygen atoms in total. The first-order chi connectivity index (χ1) is 15.6. The van der Waals surface area contributed by atoms with Crippen LogP contribution in [0.25, 0.3) is 0 Å². The lowest BCUT2D eigenvalue weighted by atomic mass is 10.1. The number of alkyl halides is 4. The monoisotopic (exact) mass is 578 g/mol. The largest absolute Gasteiger partial charge is 0.402 e. The molecule has 2 aromatic carbocycles. The smallest absolute Gasteiger partial charge is 0.203 e. The molecule has 0 saturated carbocycles. The summed E-state index contributed by atoms with van der Waals surface area (Å²) in [6.07, 6.45) is 0. The molecule has 0 heterocycles. The molecule has 2 aromatic rings. The standard InChI is InChI=1S/C14F14O5S2/c15-3-1(4(16)8(20)11(23)7(3)19)13(25,26)34(29,30)33-35(31,32)14(27,28)2-5(17)9(21)12(24)10(22)6(2)18. The van der Waals surface area contributed by atoms with E-state index in [1.807, 2.05) is 0 Å². The lowest BCUT2D eigenvalue weighted by Gasteiger charge is -2.22. The summed E-state index contributed by atoms with van der Waals surface area (Å²) < 4.78 is 238. The number of hydrogen-bond acceptors (Lipinski definition) is 5. The molecule has 0 amide bonds. The normalized spacial score (nSPS) is 13.4. The van der Waals surface area contributed by atoms with Crippen molar-refractivity contribution in [2.75, 3.05) is 0 Å². The van der Waals surface area contributed by atoms with E-state index in [0.29, 0.717) is 0 Å². The predicted octanol–water partition coefficient (Wildman–Crippen LogP) is 4.55. The molecule has 0 aliphatic carbocycles. The maximum atomic E-state index is 14.1. The van der Waals surface area contributed by atoms with Crippen LogP contribution in [0.15, 0.2) is 0 Å². The lowest BCUT2D eigenvalue weighted by Crippen LogP contribution is -2.38. The quantitative estimate of drug-likeness (QED) is 0.286. The Morgan fingerprint density at radius 2 is 0.571 bits per heavy atom. The molecule has 0 aliphatic heterocycles. The number of rotatable bonds is 6. The van der Waals surface area contributed by atoms with E-state index >= 15 is 0 Å². The van der Waals surface area contributed by atoms with Crippen molar-refractivity contribution in [3.8, 4) is 0 Å². The van der Waals surface area contributed by atoms with Gasteiger partial charge in [0.25, 0.3) is 0 Å². The third kappa shape index (κ3) is 4.07. The van der Waals surface area contributed by atoms with Gasteiger partial charge in [-0.2, -0.15) is 34.4 Å². The molecule has 0 aromatic heterocycles. The Morgan fingerprint density at radius 1 is 0.400 bits per heavy atom. The molecule has 196 valence electrons. The number of hydrogen-bond donors (Lipinski definition) is 0. The molecule has 2 rings (SSSR count). The Labute approximate surface area is 182 Å². The second-order valence-electron chi connectivity index (χ2n) is 5.90. The summed E-state index contributed by atoms with van der Waals surface area (Å²) in [7, 11) is -15.7. The zero-order chi connectivity index (χ0) is 27.6. The van der Waals surface area contributed by atoms with Gasteiger partial charge in [-0.3, -0.25) is 0 Å². The minimum absolute atomic E-state index is 2.40. The molecular weight excluding hydrogens is 578 g/mol. The summed E-state index contributed by atoms with van der Waals surface area (Å²) in [5.41, 5.74) is -7.27. The molecule has 0 radical (unpaired) electrons. The Hall–Kier alpha value is -2.68. The maximum absolute atomic E-state index is 14.1. The van der Waals surface area contributed by atoms with Gasteiger partial charge in [-0.05, 0) is 0 Å². The summed E-state index contributed by atoms with van der Waals surface area (Å²) in [6.45, 7) is 0. The van der Waals surface area contributed by atoms with Crippen LogP contribution in [-0.2, 0) is 34.4 Å². The van der Waals surface area contributed by atoms with Gasteiger partial charge in [0.1, 0.15) is 11.1 Å². The highest BCUT2D eigenvalue weighted by atomic mass is 32.3. The molecule has 0 unspecified atom stereocenters. The van der Waals surface area contributed by atoms with Crippen molar-refractivity contribution in [3.05, 3.63) is 69.3 Å². The zero-order valence-corrected chi connectivity index (χ0v) is 16.8. The molecule has 0 spiro atoms. The first-order valence-corrected chi connectivity index (χ1v) is 10.4. The summed E-state index contributed by atoms with van der Waals surface area (Å²) in [4.78, 5) is 0. The Kier molecular flexibility index (Phi) is 6.91. The fourth-order valence-electron chi connectivity index (χ4n) is 2.17. The van der Waals surface area contributed by atoms with Gasteiger partial charge < -0.3 is 0 Å². The van der Waals surface area contributed by atoms with Crippen molar-refractivity contribution in [1.29, 1.82) is 0 Å². The fourth-order valence-corrected chi connectivity index (χ4v) is 4.66. The van der Waals surface area contributed by atoms with Crippen molar-refractivity contribution in [3.63, 3.8) is 0 Å². The van der Waals surface area contributed by atoms with Crippen molar-refractivity contribution >= 4 is 20.2 Å². The molecular formula is C14F14O5S2. The summed E-state index contributed by atoms with van der Waals surface area (Å²) >= 11 is 0. The van der Waals surface area contributed by atoms with Crippen molar-refractivity contribution in [2.24, 2.45) is 0 Å². The first kappa shape index (κ1) is 28.6. The number of halogens is 14. The van der Waals surface area contributed by atoms with E-state index in [1.54, 1.807) is 0 Å². The van der Waals surface area contributed by atoms with E-state index in [-0.39, 0.29) is 0 Å². The van der Waals surface area contributed by atoms with E-state index in [9.17, 15) is 78.3 Å². The van der Waals surface area contributed by atoms with Crippen LogP contribution in [0.2, 0.25) is 0 Å². The third-order valence-electron chi connectivity index (χ3n) is 3.81. The van der Waals surface area contributed by atoms with E-state index in [2.05, 4.69) is 3.63 Å². The second-order valence-corrected chi connectivity index (χ2v) is 9.29. The van der Waals surface area contributed by atoms with Crippen LogP contribution in [0.5, 0.6) is 0 Å². The van der Waals surface area contributed by atoms with Gasteiger partial charge in [0.05, 0.1) is 0 Å². The highest BCUT2D eigenvalue weighted by Crippen LogP contribution is 2.45. The molecule has 0 bridgehead atoms. The van der Waals surface area contributed by atoms with Crippen LogP contribution in [0.4, 0.5) is 61.5 Å². The third-order valence-corrected chi connectivity index (χ3v) is 6.91. The van der Waals surface area contributed by atoms with Gasteiger partial charge in [-0.1, -0.05) is 0 Å². The minimum Gasteiger partial charge on any atom is -0.203 e. The summed E-state index contributed by atoms with van der Waals surface area (Å²) in [5, 5.41) is -13.4.